The molecule has 96 valence electrons. The molecule has 3 aromatic rings. The first kappa shape index (κ1) is 11.5. The summed E-state index contributed by atoms with van der Waals surface area (Å²) in [6.45, 7) is 0.640. The number of imidazole rings is 1. The molecule has 0 aliphatic rings. The Kier molecular flexibility index (Phi) is 2.56. The summed E-state index contributed by atoms with van der Waals surface area (Å²) in [7, 11) is 1.60. The third-order valence-electron chi connectivity index (χ3n) is 3.11. The van der Waals surface area contributed by atoms with E-state index in [1.165, 1.54) is 4.57 Å². The van der Waals surface area contributed by atoms with Gasteiger partial charge in [-0.3, -0.25) is 4.57 Å². The molecule has 0 atom stereocenters. The van der Waals surface area contributed by atoms with Crippen LogP contribution >= 0.6 is 0 Å². The van der Waals surface area contributed by atoms with Crippen LogP contribution < -0.4 is 11.4 Å². The first-order valence-corrected chi connectivity index (χ1v) is 5.88. The maximum Gasteiger partial charge on any atom is 0.351 e. The second-order valence-corrected chi connectivity index (χ2v) is 4.37. The normalized spacial score (nSPS) is 11.0. The number of aromatic nitrogens is 4. The Morgan fingerprint density at radius 3 is 2.74 bits per heavy atom. The highest BCUT2D eigenvalue weighted by molar-refractivity contribution is 5.81. The largest absolute Gasteiger partial charge is 0.383 e. The van der Waals surface area contributed by atoms with Gasteiger partial charge in [0, 0.05) is 13.6 Å². The second-order valence-electron chi connectivity index (χ2n) is 4.37. The fourth-order valence-corrected chi connectivity index (χ4v) is 2.04. The zero-order valence-corrected chi connectivity index (χ0v) is 10.4. The van der Waals surface area contributed by atoms with E-state index in [0.29, 0.717) is 23.5 Å². The number of nitrogen functional groups attached to an aromatic ring is 1. The first-order chi connectivity index (χ1) is 9.16. The van der Waals surface area contributed by atoms with Crippen LogP contribution in [0.5, 0.6) is 0 Å². The molecule has 0 amide bonds. The fraction of sp³-hybridized carbons (Fsp3) is 0.154. The number of rotatable bonds is 2. The molecule has 0 aliphatic heterocycles. The molecule has 2 aromatic heterocycles. The van der Waals surface area contributed by atoms with E-state index in [1.807, 2.05) is 34.9 Å². The highest BCUT2D eigenvalue weighted by Crippen LogP contribution is 2.17. The second kappa shape index (κ2) is 4.24. The van der Waals surface area contributed by atoms with Crippen molar-refractivity contribution in [3.63, 3.8) is 0 Å². The molecule has 2 N–H and O–H groups in total. The molecule has 0 spiro atoms. The van der Waals surface area contributed by atoms with E-state index in [2.05, 4.69) is 9.97 Å². The van der Waals surface area contributed by atoms with Gasteiger partial charge in [0.15, 0.2) is 5.65 Å². The highest BCUT2D eigenvalue weighted by Gasteiger charge is 2.12. The molecule has 0 aliphatic carbocycles. The average molecular weight is 255 g/mol. The Labute approximate surface area is 109 Å². The first-order valence-electron chi connectivity index (χ1n) is 5.88. The summed E-state index contributed by atoms with van der Waals surface area (Å²) in [6, 6.07) is 9.97. The lowest BCUT2D eigenvalue weighted by Gasteiger charge is -2.08. The van der Waals surface area contributed by atoms with Gasteiger partial charge in [-0.15, -0.1) is 0 Å². The quantitative estimate of drug-likeness (QED) is 0.733. The Hall–Kier alpha value is -2.63. The zero-order valence-electron chi connectivity index (χ0n) is 10.4. The van der Waals surface area contributed by atoms with E-state index >= 15 is 0 Å². The van der Waals surface area contributed by atoms with Gasteiger partial charge in [-0.25, -0.2) is 9.78 Å². The number of nitrogens with zero attached hydrogens (tertiary/aromatic N) is 4. The van der Waals surface area contributed by atoms with E-state index in [0.717, 1.165) is 5.56 Å². The lowest BCUT2D eigenvalue weighted by Crippen LogP contribution is -2.23. The smallest absolute Gasteiger partial charge is 0.351 e. The lowest BCUT2D eigenvalue weighted by molar-refractivity contribution is 0.803. The van der Waals surface area contributed by atoms with Gasteiger partial charge in [0.25, 0.3) is 0 Å². The van der Waals surface area contributed by atoms with Gasteiger partial charge < -0.3 is 10.3 Å². The van der Waals surface area contributed by atoms with E-state index in [-0.39, 0.29) is 0 Å². The molecule has 1 aromatic carbocycles. The van der Waals surface area contributed by atoms with Crippen LogP contribution in [0.15, 0.2) is 41.5 Å². The van der Waals surface area contributed by atoms with Crippen LogP contribution in [0.1, 0.15) is 5.56 Å². The average Bonchev–Trinajstić information content (AvgIpc) is 2.80. The SMILES string of the molecule is Cn1c(N)c2c(ncn2Cc2ccccc2)nc1=O. The Morgan fingerprint density at radius 1 is 1.26 bits per heavy atom. The summed E-state index contributed by atoms with van der Waals surface area (Å²) in [6.07, 6.45) is 1.65. The van der Waals surface area contributed by atoms with Crippen LogP contribution in [-0.4, -0.2) is 19.1 Å². The summed E-state index contributed by atoms with van der Waals surface area (Å²) in [4.78, 5) is 19.6. The van der Waals surface area contributed by atoms with Crippen molar-refractivity contribution in [1.82, 2.24) is 19.1 Å². The third-order valence-corrected chi connectivity index (χ3v) is 3.11. The number of anilines is 1. The van der Waals surface area contributed by atoms with Crippen LogP contribution in [0.2, 0.25) is 0 Å². The maximum absolute atomic E-state index is 11.5. The van der Waals surface area contributed by atoms with E-state index in [1.54, 1.807) is 13.4 Å². The maximum atomic E-state index is 11.5. The van der Waals surface area contributed by atoms with Crippen LogP contribution in [0.25, 0.3) is 11.2 Å². The molecule has 6 heteroatoms. The van der Waals surface area contributed by atoms with Crippen molar-refractivity contribution in [1.29, 1.82) is 0 Å². The van der Waals surface area contributed by atoms with Crippen molar-refractivity contribution < 1.29 is 0 Å². The number of hydrogen-bond acceptors (Lipinski definition) is 4. The Balaban J connectivity index is 2.16. The molecule has 0 saturated carbocycles. The van der Waals surface area contributed by atoms with Gasteiger partial charge in [-0.05, 0) is 5.56 Å². The fourth-order valence-electron chi connectivity index (χ4n) is 2.04. The molecule has 0 saturated heterocycles. The summed E-state index contributed by atoms with van der Waals surface area (Å²) < 4.78 is 3.22. The minimum Gasteiger partial charge on any atom is -0.383 e. The lowest BCUT2D eigenvalue weighted by atomic mass is 10.2. The van der Waals surface area contributed by atoms with E-state index < -0.39 is 5.69 Å². The van der Waals surface area contributed by atoms with Gasteiger partial charge in [-0.2, -0.15) is 4.98 Å². The molecular weight excluding hydrogens is 242 g/mol. The summed E-state index contributed by atoms with van der Waals surface area (Å²) in [5.41, 5.74) is 7.79. The van der Waals surface area contributed by atoms with Crippen LogP contribution in [0.4, 0.5) is 5.82 Å². The summed E-state index contributed by atoms with van der Waals surface area (Å²) >= 11 is 0. The molecule has 2 heterocycles. The standard InChI is InChI=1S/C13H13N5O/c1-17-11(14)10-12(16-13(17)19)15-8-18(10)7-9-5-3-2-4-6-9/h2-6,8H,7,14H2,1H3. The van der Waals surface area contributed by atoms with Gasteiger partial charge in [0.05, 0.1) is 6.33 Å². The predicted octanol–water partition coefficient (Wildman–Crippen LogP) is 0.761. The molecule has 6 nitrogen and oxygen atoms in total. The summed E-state index contributed by atoms with van der Waals surface area (Å²) in [5, 5.41) is 0. The third kappa shape index (κ3) is 1.87. The number of fused-ring (bicyclic) bond motifs is 1. The summed E-state index contributed by atoms with van der Waals surface area (Å²) in [5.74, 6) is 0.378. The van der Waals surface area contributed by atoms with Crippen LogP contribution in [0.3, 0.4) is 0 Å². The number of hydrogen-bond donors (Lipinski definition) is 1. The topological polar surface area (TPSA) is 78.7 Å². The monoisotopic (exact) mass is 255 g/mol. The van der Waals surface area contributed by atoms with Crippen molar-refractivity contribution in [2.75, 3.05) is 5.73 Å². The highest BCUT2D eigenvalue weighted by atomic mass is 16.1. The number of nitrogens with two attached hydrogens (primary N) is 1. The van der Waals surface area contributed by atoms with Crippen LogP contribution in [0, 0.1) is 0 Å². The molecular formula is C13H13N5O. The van der Waals surface area contributed by atoms with Crippen molar-refractivity contribution in [2.45, 2.75) is 6.54 Å². The minimum atomic E-state index is -0.394. The Bertz CT molecular complexity index is 788. The Morgan fingerprint density at radius 2 is 2.00 bits per heavy atom. The van der Waals surface area contributed by atoms with Crippen molar-refractivity contribution in [3.8, 4) is 0 Å². The van der Waals surface area contributed by atoms with Gasteiger partial charge in [0.1, 0.15) is 11.3 Å². The molecule has 3 rings (SSSR count). The predicted molar refractivity (Wildman–Crippen MR) is 72.7 cm³/mol. The molecule has 0 fully saturated rings. The van der Waals surface area contributed by atoms with Crippen LogP contribution in [-0.2, 0) is 13.6 Å². The van der Waals surface area contributed by atoms with Crippen molar-refractivity contribution in [3.05, 3.63) is 52.7 Å². The minimum absolute atomic E-state index is 0.378. The van der Waals surface area contributed by atoms with E-state index in [9.17, 15) is 4.79 Å². The molecule has 19 heavy (non-hydrogen) atoms. The molecule has 0 unspecified atom stereocenters. The number of benzene rings is 1. The van der Waals surface area contributed by atoms with E-state index in [4.69, 9.17) is 5.73 Å². The van der Waals surface area contributed by atoms with Gasteiger partial charge in [-0.1, -0.05) is 30.3 Å². The van der Waals surface area contributed by atoms with Crippen molar-refractivity contribution >= 4 is 17.0 Å². The zero-order chi connectivity index (χ0) is 13.4. The van der Waals surface area contributed by atoms with Crippen molar-refractivity contribution in [2.24, 2.45) is 7.05 Å². The van der Waals surface area contributed by atoms with Gasteiger partial charge in [0.2, 0.25) is 0 Å². The van der Waals surface area contributed by atoms with Gasteiger partial charge >= 0.3 is 5.69 Å². The molecule has 0 radical (unpaired) electrons. The molecule has 0 bridgehead atoms.